The number of nitriles is 1. The van der Waals surface area contributed by atoms with Crippen molar-refractivity contribution >= 4 is 21.4 Å². The highest BCUT2D eigenvalue weighted by molar-refractivity contribution is 7.92. The predicted molar refractivity (Wildman–Crippen MR) is 75.4 cm³/mol. The lowest BCUT2D eigenvalue weighted by molar-refractivity contribution is 0.594. The van der Waals surface area contributed by atoms with Crippen LogP contribution in [0.25, 0.3) is 0 Å². The molecule has 0 unspecified atom stereocenters. The zero-order chi connectivity index (χ0) is 14.8. The van der Waals surface area contributed by atoms with E-state index < -0.39 is 10.0 Å². The molecule has 0 saturated carbocycles. The molecule has 0 saturated heterocycles. The van der Waals surface area contributed by atoms with E-state index in [1.165, 1.54) is 25.4 Å². The Morgan fingerprint density at radius 3 is 2.35 bits per heavy atom. The molecule has 0 aliphatic carbocycles. The second kappa shape index (κ2) is 5.19. The Bertz CT molecular complexity index is 746. The minimum absolute atomic E-state index is 0.0239. The van der Waals surface area contributed by atoms with Crippen LogP contribution in [0.2, 0.25) is 0 Å². The number of nitrogens with zero attached hydrogens (tertiary/aromatic N) is 3. The van der Waals surface area contributed by atoms with Crippen molar-refractivity contribution < 1.29 is 8.42 Å². The summed E-state index contributed by atoms with van der Waals surface area (Å²) < 4.78 is 25.9. The van der Waals surface area contributed by atoms with E-state index in [1.54, 1.807) is 24.3 Å². The highest BCUT2D eigenvalue weighted by Gasteiger charge is 2.21. The second-order valence-corrected chi connectivity index (χ2v) is 6.02. The second-order valence-electron chi connectivity index (χ2n) is 4.06. The number of nitrogen functional groups attached to an aromatic ring is 1. The van der Waals surface area contributed by atoms with Gasteiger partial charge in [0, 0.05) is 18.9 Å². The molecule has 102 valence electrons. The van der Waals surface area contributed by atoms with Crippen LogP contribution < -0.4 is 10.0 Å². The summed E-state index contributed by atoms with van der Waals surface area (Å²) in [5, 5.41) is 8.66. The average Bonchev–Trinajstić information content (AvgIpc) is 2.47. The van der Waals surface area contributed by atoms with Crippen molar-refractivity contribution in [3.63, 3.8) is 0 Å². The third-order valence-electron chi connectivity index (χ3n) is 2.77. The SMILES string of the molecule is CN(c1ccc(N)cc1)S(=O)(=O)c1ccc(C#N)nc1. The highest BCUT2D eigenvalue weighted by atomic mass is 32.2. The summed E-state index contributed by atoms with van der Waals surface area (Å²) in [6, 6.07) is 11.0. The Labute approximate surface area is 117 Å². The maximum absolute atomic E-state index is 12.4. The molecule has 0 bridgehead atoms. The van der Waals surface area contributed by atoms with E-state index in [0.717, 1.165) is 4.31 Å². The van der Waals surface area contributed by atoms with Gasteiger partial charge in [0.15, 0.2) is 0 Å². The van der Waals surface area contributed by atoms with Gasteiger partial charge < -0.3 is 5.73 Å². The van der Waals surface area contributed by atoms with E-state index in [4.69, 9.17) is 11.0 Å². The monoisotopic (exact) mass is 288 g/mol. The van der Waals surface area contributed by atoms with Gasteiger partial charge in [0.2, 0.25) is 0 Å². The molecular weight excluding hydrogens is 276 g/mol. The molecule has 20 heavy (non-hydrogen) atoms. The summed E-state index contributed by atoms with van der Waals surface area (Å²) in [6.07, 6.45) is 1.17. The molecule has 2 aromatic rings. The van der Waals surface area contributed by atoms with Gasteiger partial charge in [0.05, 0.1) is 5.69 Å². The van der Waals surface area contributed by atoms with Crippen LogP contribution in [0.4, 0.5) is 11.4 Å². The fourth-order valence-electron chi connectivity index (χ4n) is 1.58. The lowest BCUT2D eigenvalue weighted by atomic mass is 10.3. The molecule has 6 nitrogen and oxygen atoms in total. The number of sulfonamides is 1. The third kappa shape index (κ3) is 2.55. The highest BCUT2D eigenvalue weighted by Crippen LogP contribution is 2.22. The smallest absolute Gasteiger partial charge is 0.265 e. The topological polar surface area (TPSA) is 100 Å². The molecule has 0 aliphatic heterocycles. The van der Waals surface area contributed by atoms with Crippen LogP contribution in [-0.4, -0.2) is 20.4 Å². The van der Waals surface area contributed by atoms with Crippen LogP contribution >= 0.6 is 0 Å². The number of nitrogens with two attached hydrogens (primary N) is 1. The fraction of sp³-hybridized carbons (Fsp3) is 0.0769. The quantitative estimate of drug-likeness (QED) is 0.859. The summed E-state index contributed by atoms with van der Waals surface area (Å²) >= 11 is 0. The zero-order valence-electron chi connectivity index (χ0n) is 10.7. The van der Waals surface area contributed by atoms with Crippen LogP contribution in [0.15, 0.2) is 47.5 Å². The van der Waals surface area contributed by atoms with E-state index in [0.29, 0.717) is 11.4 Å². The lowest BCUT2D eigenvalue weighted by Gasteiger charge is -2.19. The first kappa shape index (κ1) is 13.8. The Morgan fingerprint density at radius 2 is 1.85 bits per heavy atom. The van der Waals surface area contributed by atoms with Gasteiger partial charge in [0.25, 0.3) is 10.0 Å². The number of anilines is 2. The molecule has 0 fully saturated rings. The third-order valence-corrected chi connectivity index (χ3v) is 4.54. The number of aromatic nitrogens is 1. The van der Waals surface area contributed by atoms with Crippen LogP contribution in [0.3, 0.4) is 0 Å². The number of hydrogen-bond donors (Lipinski definition) is 1. The average molecular weight is 288 g/mol. The summed E-state index contributed by atoms with van der Waals surface area (Å²) in [6.45, 7) is 0. The normalized spacial score (nSPS) is 10.8. The first-order valence-electron chi connectivity index (χ1n) is 5.66. The van der Waals surface area contributed by atoms with Crippen molar-refractivity contribution in [3.05, 3.63) is 48.3 Å². The Kier molecular flexibility index (Phi) is 3.59. The number of benzene rings is 1. The summed E-state index contributed by atoms with van der Waals surface area (Å²) in [5.74, 6) is 0. The van der Waals surface area contributed by atoms with Gasteiger partial charge in [-0.25, -0.2) is 13.4 Å². The molecule has 0 amide bonds. The maximum Gasteiger partial charge on any atom is 0.265 e. The molecule has 0 atom stereocenters. The van der Waals surface area contributed by atoms with Crippen molar-refractivity contribution in [1.82, 2.24) is 4.98 Å². The molecule has 7 heteroatoms. The van der Waals surface area contributed by atoms with Crippen molar-refractivity contribution in [3.8, 4) is 6.07 Å². The van der Waals surface area contributed by atoms with Crippen LogP contribution in [0, 0.1) is 11.3 Å². The van der Waals surface area contributed by atoms with Gasteiger partial charge in [-0.3, -0.25) is 4.31 Å². The molecule has 0 spiro atoms. The number of hydrogen-bond acceptors (Lipinski definition) is 5. The fourth-order valence-corrected chi connectivity index (χ4v) is 2.72. The minimum Gasteiger partial charge on any atom is -0.399 e. The van der Waals surface area contributed by atoms with Crippen molar-refractivity contribution in [2.75, 3.05) is 17.1 Å². The van der Waals surface area contributed by atoms with Crippen LogP contribution in [0.5, 0.6) is 0 Å². The van der Waals surface area contributed by atoms with Crippen molar-refractivity contribution in [1.29, 1.82) is 5.26 Å². The maximum atomic E-state index is 12.4. The van der Waals surface area contributed by atoms with Gasteiger partial charge in [-0.2, -0.15) is 5.26 Å². The molecule has 2 N–H and O–H groups in total. The number of rotatable bonds is 3. The first-order chi connectivity index (χ1) is 9.45. The molecule has 1 aromatic heterocycles. The summed E-state index contributed by atoms with van der Waals surface area (Å²) in [4.78, 5) is 3.79. The molecule has 0 aliphatic rings. The molecular formula is C13H12N4O2S. The molecule has 1 heterocycles. The minimum atomic E-state index is -3.71. The van der Waals surface area contributed by atoms with Gasteiger partial charge in [0.1, 0.15) is 16.7 Å². The van der Waals surface area contributed by atoms with Crippen molar-refractivity contribution in [2.24, 2.45) is 0 Å². The zero-order valence-corrected chi connectivity index (χ0v) is 11.5. The largest absolute Gasteiger partial charge is 0.399 e. The van der Waals surface area contributed by atoms with E-state index in [-0.39, 0.29) is 10.6 Å². The first-order valence-corrected chi connectivity index (χ1v) is 7.10. The van der Waals surface area contributed by atoms with E-state index in [1.807, 2.05) is 6.07 Å². The van der Waals surface area contributed by atoms with Crippen molar-refractivity contribution in [2.45, 2.75) is 4.90 Å². The Balaban J connectivity index is 2.38. The molecule has 0 radical (unpaired) electrons. The van der Waals surface area contributed by atoms with Gasteiger partial charge in [-0.1, -0.05) is 0 Å². The Morgan fingerprint density at radius 1 is 1.20 bits per heavy atom. The summed E-state index contributed by atoms with van der Waals surface area (Å²) in [7, 11) is -2.27. The van der Waals surface area contributed by atoms with E-state index in [2.05, 4.69) is 4.98 Å². The molecule has 1 aromatic carbocycles. The van der Waals surface area contributed by atoms with Gasteiger partial charge in [-0.15, -0.1) is 0 Å². The number of pyridine rings is 1. The summed E-state index contributed by atoms with van der Waals surface area (Å²) in [5.41, 5.74) is 6.78. The van der Waals surface area contributed by atoms with Crippen LogP contribution in [-0.2, 0) is 10.0 Å². The lowest BCUT2D eigenvalue weighted by Crippen LogP contribution is -2.26. The van der Waals surface area contributed by atoms with E-state index in [9.17, 15) is 8.42 Å². The van der Waals surface area contributed by atoms with Crippen LogP contribution in [0.1, 0.15) is 5.69 Å². The van der Waals surface area contributed by atoms with Gasteiger partial charge in [-0.05, 0) is 36.4 Å². The Hall–Kier alpha value is -2.59. The standard InChI is InChI=1S/C13H12N4O2S/c1-17(12-5-2-10(15)3-6-12)20(18,19)13-7-4-11(8-14)16-9-13/h2-7,9H,15H2,1H3. The molecule has 2 rings (SSSR count). The predicted octanol–water partition coefficient (Wildman–Crippen LogP) is 1.36. The van der Waals surface area contributed by atoms with Gasteiger partial charge >= 0.3 is 0 Å². The van der Waals surface area contributed by atoms with E-state index >= 15 is 0 Å².